The Kier molecular flexibility index (Phi) is 4.77. The van der Waals surface area contributed by atoms with Gasteiger partial charge in [0, 0.05) is 30.3 Å². The summed E-state index contributed by atoms with van der Waals surface area (Å²) in [4.78, 5) is 13.7. The van der Waals surface area contributed by atoms with Crippen LogP contribution < -0.4 is 9.64 Å². The summed E-state index contributed by atoms with van der Waals surface area (Å²) in [5.74, 6) is 0.0413. The van der Waals surface area contributed by atoms with Crippen LogP contribution in [0.15, 0.2) is 54.7 Å². The highest BCUT2D eigenvalue weighted by molar-refractivity contribution is 5.93. The van der Waals surface area contributed by atoms with Crippen LogP contribution >= 0.6 is 0 Å². The fourth-order valence-electron chi connectivity index (χ4n) is 3.57. The van der Waals surface area contributed by atoms with E-state index in [0.717, 1.165) is 11.3 Å². The molecule has 0 radical (unpaired) electrons. The molecule has 0 N–H and O–H groups in total. The van der Waals surface area contributed by atoms with Crippen LogP contribution in [-0.4, -0.2) is 34.1 Å². The molecule has 1 aliphatic heterocycles. The number of halogens is 2. The molecule has 0 spiro atoms. The van der Waals surface area contributed by atoms with E-state index in [4.69, 9.17) is 0 Å². The molecule has 28 heavy (non-hydrogen) atoms. The van der Waals surface area contributed by atoms with Crippen molar-refractivity contribution in [2.24, 2.45) is 0 Å². The molecule has 1 aliphatic rings. The first-order valence-electron chi connectivity index (χ1n) is 8.87. The second-order valence-corrected chi connectivity index (χ2v) is 6.49. The van der Waals surface area contributed by atoms with Gasteiger partial charge in [-0.15, -0.1) is 5.10 Å². The number of hydrogen-bond acceptors (Lipinski definition) is 4. The van der Waals surface area contributed by atoms with Gasteiger partial charge in [-0.3, -0.25) is 4.79 Å². The predicted molar refractivity (Wildman–Crippen MR) is 99.3 cm³/mol. The van der Waals surface area contributed by atoms with E-state index in [2.05, 4.69) is 15.0 Å². The van der Waals surface area contributed by atoms with Crippen LogP contribution in [0.3, 0.4) is 0 Å². The molecule has 0 saturated carbocycles. The summed E-state index contributed by atoms with van der Waals surface area (Å²) in [6, 6.07) is 14.1. The Morgan fingerprint density at radius 1 is 1.18 bits per heavy atom. The standard InChI is InChI=1S/C20H18F2N4O2/c1-13(27)25-11-10-18(15-7-2-4-8-17(15)25)26-12-16(23-24-26)14-6-3-5-9-19(14)28-20(21)22/h2-9,12,18,20H,10-11H2,1H3. The van der Waals surface area contributed by atoms with Crippen molar-refractivity contribution in [3.05, 3.63) is 60.3 Å². The van der Waals surface area contributed by atoms with Gasteiger partial charge in [0.05, 0.1) is 12.2 Å². The largest absolute Gasteiger partial charge is 0.434 e. The molecule has 2 heterocycles. The van der Waals surface area contributed by atoms with Crippen molar-refractivity contribution in [1.29, 1.82) is 0 Å². The maximum Gasteiger partial charge on any atom is 0.387 e. The van der Waals surface area contributed by atoms with E-state index in [9.17, 15) is 13.6 Å². The number of hydrogen-bond donors (Lipinski definition) is 0. The minimum atomic E-state index is -2.92. The van der Waals surface area contributed by atoms with E-state index < -0.39 is 6.61 Å². The third kappa shape index (κ3) is 3.33. The highest BCUT2D eigenvalue weighted by Gasteiger charge is 2.29. The summed E-state index contributed by atoms with van der Waals surface area (Å²) in [7, 11) is 0. The molecule has 0 bridgehead atoms. The second kappa shape index (κ2) is 7.38. The van der Waals surface area contributed by atoms with E-state index in [0.29, 0.717) is 24.2 Å². The maximum atomic E-state index is 12.7. The van der Waals surface area contributed by atoms with Crippen LogP contribution in [0.4, 0.5) is 14.5 Å². The van der Waals surface area contributed by atoms with Crippen molar-refractivity contribution in [3.63, 3.8) is 0 Å². The second-order valence-electron chi connectivity index (χ2n) is 6.49. The van der Waals surface area contributed by atoms with Gasteiger partial charge in [-0.05, 0) is 24.6 Å². The zero-order valence-electron chi connectivity index (χ0n) is 15.1. The molecule has 1 atom stereocenters. The molecule has 4 rings (SSSR count). The van der Waals surface area contributed by atoms with Gasteiger partial charge in [0.1, 0.15) is 11.4 Å². The maximum absolute atomic E-state index is 12.7. The van der Waals surface area contributed by atoms with Crippen LogP contribution in [0.2, 0.25) is 0 Å². The van der Waals surface area contributed by atoms with Crippen molar-refractivity contribution < 1.29 is 18.3 Å². The van der Waals surface area contributed by atoms with Crippen molar-refractivity contribution in [3.8, 4) is 17.0 Å². The first-order chi connectivity index (χ1) is 13.5. The van der Waals surface area contributed by atoms with Gasteiger partial charge >= 0.3 is 6.61 Å². The highest BCUT2D eigenvalue weighted by atomic mass is 19.3. The lowest BCUT2D eigenvalue weighted by atomic mass is 9.96. The van der Waals surface area contributed by atoms with Crippen molar-refractivity contribution in [2.75, 3.05) is 11.4 Å². The number of ether oxygens (including phenoxy) is 1. The number of anilines is 1. The Bertz CT molecular complexity index is 1010. The van der Waals surface area contributed by atoms with Gasteiger partial charge in [-0.1, -0.05) is 35.5 Å². The highest BCUT2D eigenvalue weighted by Crippen LogP contribution is 2.37. The monoisotopic (exact) mass is 384 g/mol. The zero-order valence-corrected chi connectivity index (χ0v) is 15.1. The molecule has 1 unspecified atom stereocenters. The first kappa shape index (κ1) is 18.1. The van der Waals surface area contributed by atoms with E-state index >= 15 is 0 Å². The molecule has 144 valence electrons. The number of rotatable bonds is 4. The third-order valence-corrected chi connectivity index (χ3v) is 4.80. The predicted octanol–water partition coefficient (Wildman–Crippen LogP) is 3.89. The van der Waals surface area contributed by atoms with Gasteiger partial charge in [0.15, 0.2) is 0 Å². The van der Waals surface area contributed by atoms with E-state index in [1.54, 1.807) is 40.9 Å². The minimum Gasteiger partial charge on any atom is -0.434 e. The Morgan fingerprint density at radius 2 is 1.93 bits per heavy atom. The Labute approximate surface area is 160 Å². The molecule has 1 aromatic heterocycles. The molecule has 3 aromatic rings. The van der Waals surface area contributed by atoms with Crippen LogP contribution in [0.1, 0.15) is 24.9 Å². The summed E-state index contributed by atoms with van der Waals surface area (Å²) in [5, 5.41) is 8.39. The summed E-state index contributed by atoms with van der Waals surface area (Å²) in [6.07, 6.45) is 2.40. The number of nitrogens with zero attached hydrogens (tertiary/aromatic N) is 4. The van der Waals surface area contributed by atoms with Gasteiger partial charge < -0.3 is 9.64 Å². The number of aromatic nitrogens is 3. The molecule has 0 saturated heterocycles. The summed E-state index contributed by atoms with van der Waals surface area (Å²) in [6.45, 7) is -0.805. The van der Waals surface area contributed by atoms with Gasteiger partial charge in [-0.25, -0.2) is 4.68 Å². The van der Waals surface area contributed by atoms with Crippen molar-refractivity contribution in [2.45, 2.75) is 26.0 Å². The molecular weight excluding hydrogens is 366 g/mol. The van der Waals surface area contributed by atoms with Crippen molar-refractivity contribution in [1.82, 2.24) is 15.0 Å². The normalized spacial score (nSPS) is 16.1. The number of amides is 1. The number of benzene rings is 2. The number of carbonyl (C=O) groups is 1. The average Bonchev–Trinajstić information content (AvgIpc) is 3.16. The topological polar surface area (TPSA) is 60.2 Å². The van der Waals surface area contributed by atoms with Gasteiger partial charge in [0.2, 0.25) is 5.91 Å². The molecule has 1 amide bonds. The van der Waals surface area contributed by atoms with E-state index in [1.807, 2.05) is 24.3 Å². The summed E-state index contributed by atoms with van der Waals surface area (Å²) < 4.78 is 31.7. The van der Waals surface area contributed by atoms with Gasteiger partial charge in [-0.2, -0.15) is 8.78 Å². The van der Waals surface area contributed by atoms with Gasteiger partial charge in [0.25, 0.3) is 0 Å². The lowest BCUT2D eigenvalue weighted by Gasteiger charge is -2.33. The molecule has 6 nitrogen and oxygen atoms in total. The fourth-order valence-corrected chi connectivity index (χ4v) is 3.57. The third-order valence-electron chi connectivity index (χ3n) is 4.80. The molecule has 8 heteroatoms. The molecule has 2 aromatic carbocycles. The molecule has 0 aliphatic carbocycles. The van der Waals surface area contributed by atoms with Crippen LogP contribution in [0, 0.1) is 0 Å². The summed E-state index contributed by atoms with van der Waals surface area (Å²) >= 11 is 0. The molecular formula is C20H18F2N4O2. The number of alkyl halides is 2. The smallest absolute Gasteiger partial charge is 0.387 e. The average molecular weight is 384 g/mol. The quantitative estimate of drug-likeness (QED) is 0.685. The van der Waals surface area contributed by atoms with Crippen LogP contribution in [-0.2, 0) is 4.79 Å². The van der Waals surface area contributed by atoms with Crippen LogP contribution in [0.5, 0.6) is 5.75 Å². The lowest BCUT2D eigenvalue weighted by molar-refractivity contribution is -0.116. The van der Waals surface area contributed by atoms with Crippen LogP contribution in [0.25, 0.3) is 11.3 Å². The Hall–Kier alpha value is -3.29. The lowest BCUT2D eigenvalue weighted by Crippen LogP contribution is -2.36. The Morgan fingerprint density at radius 3 is 2.71 bits per heavy atom. The van der Waals surface area contributed by atoms with E-state index in [1.165, 1.54) is 6.07 Å². The molecule has 0 fully saturated rings. The Balaban J connectivity index is 1.69. The minimum absolute atomic E-state index is 0.0109. The zero-order chi connectivity index (χ0) is 19.7. The summed E-state index contributed by atoms with van der Waals surface area (Å²) in [5.41, 5.74) is 2.72. The number of carbonyl (C=O) groups excluding carboxylic acids is 1. The number of fused-ring (bicyclic) bond motifs is 1. The fraction of sp³-hybridized carbons (Fsp3) is 0.250. The number of para-hydroxylation sites is 2. The van der Waals surface area contributed by atoms with E-state index in [-0.39, 0.29) is 17.7 Å². The SMILES string of the molecule is CC(=O)N1CCC(n2cc(-c3ccccc3OC(F)F)nn2)c2ccccc21. The van der Waals surface area contributed by atoms with Crippen molar-refractivity contribution >= 4 is 11.6 Å². The first-order valence-corrected chi connectivity index (χ1v) is 8.87.